The molecule has 2 rings (SSSR count). The Kier molecular flexibility index (Phi) is 4.40. The van der Waals surface area contributed by atoms with E-state index in [1.165, 1.54) is 30.3 Å². The standard InChI is InChI=1S/C16H11F4NO/c1-10(14(9-22)11-2-5-13(17)6-3-11)15-7-4-12(8-21-15)16(18,19)20/h2-9H,1H3. The second-order valence-corrected chi connectivity index (χ2v) is 4.59. The molecule has 0 radical (unpaired) electrons. The minimum absolute atomic E-state index is 0.243. The van der Waals surface area contributed by atoms with E-state index in [0.29, 0.717) is 23.6 Å². The van der Waals surface area contributed by atoms with Crippen molar-refractivity contribution in [1.29, 1.82) is 0 Å². The molecule has 0 saturated heterocycles. The fourth-order valence-electron chi connectivity index (χ4n) is 1.92. The Morgan fingerprint density at radius 2 is 1.73 bits per heavy atom. The molecule has 0 N–H and O–H groups in total. The number of nitrogens with zero attached hydrogens (tertiary/aromatic N) is 1. The number of allylic oxidation sites excluding steroid dienone is 2. The number of hydrogen-bond acceptors (Lipinski definition) is 2. The highest BCUT2D eigenvalue weighted by Crippen LogP contribution is 2.30. The number of benzene rings is 1. The van der Waals surface area contributed by atoms with E-state index in [2.05, 4.69) is 4.98 Å². The Bertz CT molecular complexity index is 700. The fourth-order valence-corrected chi connectivity index (χ4v) is 1.92. The van der Waals surface area contributed by atoms with Gasteiger partial charge >= 0.3 is 6.18 Å². The van der Waals surface area contributed by atoms with Gasteiger partial charge in [-0.1, -0.05) is 12.1 Å². The van der Waals surface area contributed by atoms with Gasteiger partial charge in [-0.25, -0.2) is 4.39 Å². The van der Waals surface area contributed by atoms with Crippen molar-refractivity contribution in [3.63, 3.8) is 0 Å². The minimum Gasteiger partial charge on any atom is -0.298 e. The number of pyridine rings is 1. The number of hydrogen-bond donors (Lipinski definition) is 0. The Hall–Kier alpha value is -2.50. The predicted octanol–water partition coefficient (Wildman–Crippen LogP) is 4.37. The van der Waals surface area contributed by atoms with Crippen LogP contribution >= 0.6 is 0 Å². The number of carbonyl (C=O) groups is 1. The van der Waals surface area contributed by atoms with Crippen LogP contribution in [0, 0.1) is 5.82 Å². The van der Waals surface area contributed by atoms with Crippen LogP contribution in [0.15, 0.2) is 42.6 Å². The number of halogens is 4. The first-order valence-electron chi connectivity index (χ1n) is 6.28. The molecule has 2 nitrogen and oxygen atoms in total. The summed E-state index contributed by atoms with van der Waals surface area (Å²) >= 11 is 0. The van der Waals surface area contributed by atoms with Crippen LogP contribution in [-0.2, 0) is 11.0 Å². The van der Waals surface area contributed by atoms with Crippen LogP contribution < -0.4 is 0 Å². The summed E-state index contributed by atoms with van der Waals surface area (Å²) in [6.45, 7) is 1.57. The highest BCUT2D eigenvalue weighted by molar-refractivity contribution is 6.16. The van der Waals surface area contributed by atoms with Crippen LogP contribution in [0.5, 0.6) is 0 Å². The summed E-state index contributed by atoms with van der Waals surface area (Å²) in [5.41, 5.74) is 0.510. The van der Waals surface area contributed by atoms with E-state index < -0.39 is 17.6 Å². The maximum Gasteiger partial charge on any atom is 0.417 e. The van der Waals surface area contributed by atoms with Gasteiger partial charge in [0.2, 0.25) is 0 Å². The molecule has 0 spiro atoms. The van der Waals surface area contributed by atoms with Crippen molar-refractivity contribution < 1.29 is 22.4 Å². The van der Waals surface area contributed by atoms with E-state index in [9.17, 15) is 22.4 Å². The van der Waals surface area contributed by atoms with Gasteiger partial charge in [0.05, 0.1) is 11.3 Å². The lowest BCUT2D eigenvalue weighted by Gasteiger charge is -2.09. The smallest absolute Gasteiger partial charge is 0.298 e. The van der Waals surface area contributed by atoms with Crippen molar-refractivity contribution in [2.24, 2.45) is 0 Å². The molecule has 1 aromatic carbocycles. The molecule has 0 fully saturated rings. The maximum absolute atomic E-state index is 12.9. The molecule has 0 aliphatic heterocycles. The van der Waals surface area contributed by atoms with Crippen LogP contribution in [-0.4, -0.2) is 11.3 Å². The number of aldehydes is 1. The molecule has 0 atom stereocenters. The monoisotopic (exact) mass is 309 g/mol. The Morgan fingerprint density at radius 1 is 1.09 bits per heavy atom. The summed E-state index contributed by atoms with van der Waals surface area (Å²) < 4.78 is 50.4. The SMILES string of the molecule is CC(=C(C=O)c1ccc(F)cc1)c1ccc(C(F)(F)F)cn1. The second kappa shape index (κ2) is 6.09. The van der Waals surface area contributed by atoms with Gasteiger partial charge in [-0.3, -0.25) is 9.78 Å². The zero-order valence-corrected chi connectivity index (χ0v) is 11.5. The van der Waals surface area contributed by atoms with Crippen molar-refractivity contribution in [2.45, 2.75) is 13.1 Å². The molecule has 2 aromatic rings. The van der Waals surface area contributed by atoms with Gasteiger partial charge in [0.1, 0.15) is 5.82 Å². The van der Waals surface area contributed by atoms with E-state index in [-0.39, 0.29) is 11.3 Å². The Balaban J connectivity index is 2.44. The molecule has 0 saturated carbocycles. The zero-order chi connectivity index (χ0) is 16.3. The largest absolute Gasteiger partial charge is 0.417 e. The fraction of sp³-hybridized carbons (Fsp3) is 0.125. The van der Waals surface area contributed by atoms with Crippen LogP contribution in [0.3, 0.4) is 0 Å². The van der Waals surface area contributed by atoms with Crippen LogP contribution in [0.4, 0.5) is 17.6 Å². The summed E-state index contributed by atoms with van der Waals surface area (Å²) in [4.78, 5) is 15.0. The lowest BCUT2D eigenvalue weighted by Crippen LogP contribution is -2.05. The number of carbonyl (C=O) groups excluding carboxylic acids is 1. The van der Waals surface area contributed by atoms with E-state index in [1.54, 1.807) is 6.92 Å². The van der Waals surface area contributed by atoms with Gasteiger partial charge in [-0.15, -0.1) is 0 Å². The van der Waals surface area contributed by atoms with Crippen molar-refractivity contribution in [2.75, 3.05) is 0 Å². The van der Waals surface area contributed by atoms with Gasteiger partial charge in [0.15, 0.2) is 6.29 Å². The lowest BCUT2D eigenvalue weighted by molar-refractivity contribution is -0.137. The van der Waals surface area contributed by atoms with Gasteiger partial charge in [-0.2, -0.15) is 13.2 Å². The molecule has 0 unspecified atom stereocenters. The molecule has 6 heteroatoms. The van der Waals surface area contributed by atoms with Crippen LogP contribution in [0.2, 0.25) is 0 Å². The van der Waals surface area contributed by atoms with Gasteiger partial charge in [0, 0.05) is 11.8 Å². The molecule has 0 aliphatic rings. The van der Waals surface area contributed by atoms with Crippen molar-refractivity contribution >= 4 is 17.4 Å². The third-order valence-corrected chi connectivity index (χ3v) is 3.15. The predicted molar refractivity (Wildman–Crippen MR) is 74.2 cm³/mol. The summed E-state index contributed by atoms with van der Waals surface area (Å²) in [7, 11) is 0. The number of rotatable bonds is 3. The topological polar surface area (TPSA) is 30.0 Å². The average Bonchev–Trinajstić information content (AvgIpc) is 2.49. The van der Waals surface area contributed by atoms with E-state index in [1.807, 2.05) is 0 Å². The summed E-state index contributed by atoms with van der Waals surface area (Å²) in [5.74, 6) is -0.445. The van der Waals surface area contributed by atoms with Crippen molar-refractivity contribution in [3.8, 4) is 0 Å². The highest BCUT2D eigenvalue weighted by atomic mass is 19.4. The molecule has 1 aromatic heterocycles. The van der Waals surface area contributed by atoms with E-state index >= 15 is 0 Å². The summed E-state index contributed by atoms with van der Waals surface area (Å²) in [6, 6.07) is 7.35. The molecule has 0 aliphatic carbocycles. The molecule has 0 amide bonds. The summed E-state index contributed by atoms with van der Waals surface area (Å²) in [5, 5.41) is 0. The molecule has 114 valence electrons. The molecular formula is C16H11F4NO. The minimum atomic E-state index is -4.46. The van der Waals surface area contributed by atoms with Gasteiger partial charge < -0.3 is 0 Å². The molecular weight excluding hydrogens is 298 g/mol. The third-order valence-electron chi connectivity index (χ3n) is 3.15. The van der Waals surface area contributed by atoms with E-state index in [4.69, 9.17) is 0 Å². The molecule has 1 heterocycles. The molecule has 0 bridgehead atoms. The molecule has 22 heavy (non-hydrogen) atoms. The first-order valence-corrected chi connectivity index (χ1v) is 6.28. The first kappa shape index (κ1) is 15.9. The Morgan fingerprint density at radius 3 is 2.18 bits per heavy atom. The quantitative estimate of drug-likeness (QED) is 0.479. The third kappa shape index (κ3) is 3.39. The lowest BCUT2D eigenvalue weighted by atomic mass is 9.99. The second-order valence-electron chi connectivity index (χ2n) is 4.59. The van der Waals surface area contributed by atoms with Crippen LogP contribution in [0.1, 0.15) is 23.7 Å². The van der Waals surface area contributed by atoms with Crippen molar-refractivity contribution in [1.82, 2.24) is 4.98 Å². The van der Waals surface area contributed by atoms with Crippen LogP contribution in [0.25, 0.3) is 11.1 Å². The average molecular weight is 309 g/mol. The number of aromatic nitrogens is 1. The van der Waals surface area contributed by atoms with Gasteiger partial charge in [-0.05, 0) is 42.3 Å². The zero-order valence-electron chi connectivity index (χ0n) is 11.5. The first-order chi connectivity index (χ1) is 10.3. The van der Waals surface area contributed by atoms with Gasteiger partial charge in [0.25, 0.3) is 0 Å². The Labute approximate surface area is 124 Å². The maximum atomic E-state index is 12.9. The van der Waals surface area contributed by atoms with Crippen molar-refractivity contribution in [3.05, 3.63) is 65.2 Å². The highest BCUT2D eigenvalue weighted by Gasteiger charge is 2.30. The summed E-state index contributed by atoms with van der Waals surface area (Å²) in [6.07, 6.45) is -3.18. The van der Waals surface area contributed by atoms with E-state index in [0.717, 1.165) is 6.07 Å². The number of alkyl halides is 3. The normalized spacial score (nSPS) is 12.8.